The second-order valence-corrected chi connectivity index (χ2v) is 4.63. The third kappa shape index (κ3) is 2.42. The van der Waals surface area contributed by atoms with Crippen LogP contribution in [0.4, 0.5) is 13.2 Å². The highest BCUT2D eigenvalue weighted by Gasteiger charge is 2.20. The lowest BCUT2D eigenvalue weighted by molar-refractivity contribution is 0.212. The Morgan fingerprint density at radius 2 is 1.50 bits per heavy atom. The number of hydrogen-bond acceptors (Lipinski definition) is 1. The summed E-state index contributed by atoms with van der Waals surface area (Å²) in [5, 5.41) is 9.93. The summed E-state index contributed by atoms with van der Waals surface area (Å²) in [6.07, 6.45) is -1.34. The van der Waals surface area contributed by atoms with Crippen LogP contribution in [0, 0.1) is 17.5 Å². The van der Waals surface area contributed by atoms with Crippen LogP contribution in [0.15, 0.2) is 40.9 Å². The number of rotatable bonds is 2. The lowest BCUT2D eigenvalue weighted by Gasteiger charge is -2.13. The average molecular weight is 317 g/mol. The molecule has 0 aliphatic heterocycles. The van der Waals surface area contributed by atoms with Crippen molar-refractivity contribution in [3.05, 3.63) is 69.4 Å². The topological polar surface area (TPSA) is 20.2 Å². The number of aliphatic hydroxyl groups excluding tert-OH is 1. The molecule has 1 N–H and O–H groups in total. The first-order valence-corrected chi connectivity index (χ1v) is 5.87. The first kappa shape index (κ1) is 13.1. The van der Waals surface area contributed by atoms with E-state index in [2.05, 4.69) is 15.9 Å². The molecule has 5 heteroatoms. The Hall–Kier alpha value is -1.33. The van der Waals surface area contributed by atoms with Gasteiger partial charge in [-0.3, -0.25) is 0 Å². The zero-order valence-corrected chi connectivity index (χ0v) is 10.6. The lowest BCUT2D eigenvalue weighted by atomic mass is 10.0. The van der Waals surface area contributed by atoms with Crippen molar-refractivity contribution in [2.45, 2.75) is 6.10 Å². The molecule has 0 amide bonds. The molecule has 1 unspecified atom stereocenters. The van der Waals surface area contributed by atoms with Crippen LogP contribution in [0.5, 0.6) is 0 Å². The van der Waals surface area contributed by atoms with Crippen molar-refractivity contribution in [2.24, 2.45) is 0 Å². The quantitative estimate of drug-likeness (QED) is 0.832. The maximum Gasteiger partial charge on any atom is 0.194 e. The van der Waals surface area contributed by atoms with Crippen LogP contribution in [-0.2, 0) is 0 Å². The molecule has 2 aromatic carbocycles. The molecule has 0 spiro atoms. The van der Waals surface area contributed by atoms with Gasteiger partial charge in [-0.05, 0) is 23.8 Å². The molecule has 18 heavy (non-hydrogen) atoms. The van der Waals surface area contributed by atoms with Gasteiger partial charge in [-0.15, -0.1) is 0 Å². The predicted octanol–water partition coefficient (Wildman–Crippen LogP) is 3.95. The molecule has 1 atom stereocenters. The standard InChI is InChI=1S/C13H8BrF3O/c14-8-3-1-7(2-4-8)13(18)9-5-6-10(15)12(17)11(9)16/h1-6,13,18H. The maximum absolute atomic E-state index is 13.5. The van der Waals surface area contributed by atoms with Gasteiger partial charge in [-0.1, -0.05) is 34.1 Å². The first-order valence-electron chi connectivity index (χ1n) is 5.07. The van der Waals surface area contributed by atoms with Crippen LogP contribution in [-0.4, -0.2) is 5.11 Å². The van der Waals surface area contributed by atoms with E-state index < -0.39 is 23.6 Å². The number of halogens is 4. The van der Waals surface area contributed by atoms with E-state index in [4.69, 9.17) is 0 Å². The summed E-state index contributed by atoms with van der Waals surface area (Å²) in [7, 11) is 0. The minimum atomic E-state index is -1.58. The lowest BCUT2D eigenvalue weighted by Crippen LogP contribution is -2.05. The fraction of sp³-hybridized carbons (Fsp3) is 0.0769. The molecule has 0 saturated carbocycles. The van der Waals surface area contributed by atoms with E-state index in [1.54, 1.807) is 24.3 Å². The second-order valence-electron chi connectivity index (χ2n) is 3.72. The molecule has 0 bridgehead atoms. The summed E-state index contributed by atoms with van der Waals surface area (Å²) in [5.41, 5.74) is 0.0966. The van der Waals surface area contributed by atoms with E-state index in [-0.39, 0.29) is 5.56 Å². The Morgan fingerprint density at radius 1 is 0.889 bits per heavy atom. The summed E-state index contributed by atoms with van der Waals surface area (Å²) in [5.74, 6) is -4.23. The Kier molecular flexibility index (Phi) is 3.73. The van der Waals surface area contributed by atoms with E-state index in [0.29, 0.717) is 5.56 Å². The predicted molar refractivity (Wildman–Crippen MR) is 64.5 cm³/mol. The number of hydrogen-bond donors (Lipinski definition) is 1. The highest BCUT2D eigenvalue weighted by molar-refractivity contribution is 9.10. The Bertz CT molecular complexity index is 569. The van der Waals surface area contributed by atoms with Crippen LogP contribution in [0.25, 0.3) is 0 Å². The molecule has 2 aromatic rings. The summed E-state index contributed by atoms with van der Waals surface area (Å²) < 4.78 is 40.1. The van der Waals surface area contributed by atoms with Crippen LogP contribution >= 0.6 is 15.9 Å². The monoisotopic (exact) mass is 316 g/mol. The van der Waals surface area contributed by atoms with Gasteiger partial charge >= 0.3 is 0 Å². The van der Waals surface area contributed by atoms with Crippen molar-refractivity contribution in [1.82, 2.24) is 0 Å². The van der Waals surface area contributed by atoms with Gasteiger partial charge in [-0.25, -0.2) is 13.2 Å². The highest BCUT2D eigenvalue weighted by atomic mass is 79.9. The van der Waals surface area contributed by atoms with Crippen LogP contribution < -0.4 is 0 Å². The smallest absolute Gasteiger partial charge is 0.194 e. The molecular weight excluding hydrogens is 309 g/mol. The fourth-order valence-electron chi connectivity index (χ4n) is 1.58. The molecule has 94 valence electrons. The Morgan fingerprint density at radius 3 is 2.11 bits per heavy atom. The van der Waals surface area contributed by atoms with Crippen LogP contribution in [0.3, 0.4) is 0 Å². The van der Waals surface area contributed by atoms with Gasteiger partial charge in [0.2, 0.25) is 0 Å². The van der Waals surface area contributed by atoms with Gasteiger partial charge in [0.05, 0.1) is 0 Å². The maximum atomic E-state index is 13.5. The van der Waals surface area contributed by atoms with E-state index >= 15 is 0 Å². The Labute approximate surface area is 110 Å². The minimum absolute atomic E-state index is 0.295. The largest absolute Gasteiger partial charge is 0.384 e. The van der Waals surface area contributed by atoms with Crippen molar-refractivity contribution in [3.8, 4) is 0 Å². The van der Waals surface area contributed by atoms with E-state index in [1.165, 1.54) is 0 Å². The van der Waals surface area contributed by atoms with Crippen LogP contribution in [0.2, 0.25) is 0 Å². The average Bonchev–Trinajstić information content (AvgIpc) is 2.36. The molecule has 0 radical (unpaired) electrons. The molecule has 1 nitrogen and oxygen atoms in total. The molecule has 2 rings (SSSR count). The minimum Gasteiger partial charge on any atom is -0.384 e. The van der Waals surface area contributed by atoms with Crippen molar-refractivity contribution in [3.63, 3.8) is 0 Å². The van der Waals surface area contributed by atoms with Gasteiger partial charge in [0.15, 0.2) is 17.5 Å². The summed E-state index contributed by atoms with van der Waals surface area (Å²) in [6, 6.07) is 8.27. The van der Waals surface area contributed by atoms with E-state index in [1.807, 2.05) is 0 Å². The number of benzene rings is 2. The van der Waals surface area contributed by atoms with Gasteiger partial charge < -0.3 is 5.11 Å². The summed E-state index contributed by atoms with van der Waals surface area (Å²) in [6.45, 7) is 0. The molecule has 0 saturated heterocycles. The van der Waals surface area contributed by atoms with Crippen molar-refractivity contribution in [1.29, 1.82) is 0 Å². The molecule has 0 aliphatic rings. The Balaban J connectivity index is 2.43. The van der Waals surface area contributed by atoms with Gasteiger partial charge in [-0.2, -0.15) is 0 Å². The van der Waals surface area contributed by atoms with Gasteiger partial charge in [0, 0.05) is 10.0 Å². The SMILES string of the molecule is OC(c1ccc(Br)cc1)c1ccc(F)c(F)c1F. The van der Waals surface area contributed by atoms with Crippen LogP contribution in [0.1, 0.15) is 17.2 Å². The molecule has 0 aromatic heterocycles. The zero-order chi connectivity index (χ0) is 13.3. The zero-order valence-electron chi connectivity index (χ0n) is 9.00. The van der Waals surface area contributed by atoms with Gasteiger partial charge in [0.25, 0.3) is 0 Å². The van der Waals surface area contributed by atoms with Crippen molar-refractivity contribution < 1.29 is 18.3 Å². The molecule has 0 aliphatic carbocycles. The fourth-order valence-corrected chi connectivity index (χ4v) is 1.84. The molecule has 0 fully saturated rings. The van der Waals surface area contributed by atoms with Gasteiger partial charge in [0.1, 0.15) is 6.10 Å². The highest BCUT2D eigenvalue weighted by Crippen LogP contribution is 2.27. The molecule has 0 heterocycles. The summed E-state index contributed by atoms with van der Waals surface area (Å²) >= 11 is 3.22. The second kappa shape index (κ2) is 5.12. The first-order chi connectivity index (χ1) is 8.50. The third-order valence-electron chi connectivity index (χ3n) is 2.55. The van der Waals surface area contributed by atoms with E-state index in [9.17, 15) is 18.3 Å². The normalized spacial score (nSPS) is 12.5. The summed E-state index contributed by atoms with van der Waals surface area (Å²) in [4.78, 5) is 0. The van der Waals surface area contributed by atoms with Crippen molar-refractivity contribution in [2.75, 3.05) is 0 Å². The number of aliphatic hydroxyl groups is 1. The van der Waals surface area contributed by atoms with E-state index in [0.717, 1.165) is 16.6 Å². The third-order valence-corrected chi connectivity index (χ3v) is 3.07. The van der Waals surface area contributed by atoms with Crippen molar-refractivity contribution >= 4 is 15.9 Å². The molecular formula is C13H8BrF3O.